The summed E-state index contributed by atoms with van der Waals surface area (Å²) in [5.41, 5.74) is 1.27. The van der Waals surface area contributed by atoms with Gasteiger partial charge in [0.25, 0.3) is 0 Å². The highest BCUT2D eigenvalue weighted by molar-refractivity contribution is 7.98. The van der Waals surface area contributed by atoms with Crippen molar-refractivity contribution < 1.29 is 41.3 Å². The van der Waals surface area contributed by atoms with Crippen LogP contribution in [0.5, 0.6) is 11.5 Å². The molecule has 13 heteroatoms. The van der Waals surface area contributed by atoms with Crippen molar-refractivity contribution in [3.63, 3.8) is 0 Å². The average molecular weight is 561 g/mol. The molecule has 0 amide bonds. The standard InChI is InChI=1S/C25H22F6N4O2S/c1-15-18(32-9-7-21(15)36-13-24(26,27)28)11-35-20-6-4-3-5-17(20)34-23(35)38-12-19-16(2)22(8-10-33-19)37-14-25(29,30)31/h3-10H,11-14H2,1-2H3/i3D,4D,5D,6D. The predicted octanol–water partition coefficient (Wildman–Crippen LogP) is 6.67. The number of thioether (sulfide) groups is 1. The molecular weight excluding hydrogens is 534 g/mol. The predicted molar refractivity (Wildman–Crippen MR) is 129 cm³/mol. The Bertz CT molecular complexity index is 1630. The van der Waals surface area contributed by atoms with Gasteiger partial charge in [-0.1, -0.05) is 23.8 Å². The van der Waals surface area contributed by atoms with Crippen LogP contribution in [0.3, 0.4) is 0 Å². The number of hydrogen-bond acceptors (Lipinski definition) is 6. The van der Waals surface area contributed by atoms with Crippen molar-refractivity contribution in [1.82, 2.24) is 19.5 Å². The molecule has 0 atom stereocenters. The van der Waals surface area contributed by atoms with E-state index in [9.17, 15) is 26.3 Å². The number of aromatic nitrogens is 4. The summed E-state index contributed by atoms with van der Waals surface area (Å²) in [5.74, 6) is -0.00313. The lowest BCUT2D eigenvalue weighted by Crippen LogP contribution is -2.20. The van der Waals surface area contributed by atoms with Crippen LogP contribution < -0.4 is 9.47 Å². The van der Waals surface area contributed by atoms with Crippen LogP contribution in [0.25, 0.3) is 11.0 Å². The highest BCUT2D eigenvalue weighted by atomic mass is 32.2. The van der Waals surface area contributed by atoms with Crippen molar-refractivity contribution in [2.45, 2.75) is 43.7 Å². The second-order valence-corrected chi connectivity index (χ2v) is 8.98. The fourth-order valence-electron chi connectivity index (χ4n) is 3.42. The molecule has 0 saturated carbocycles. The second-order valence-electron chi connectivity index (χ2n) is 8.04. The SMILES string of the molecule is [2H]c1c([2H])c([2H])c2c(nc(SCc3nccc(OCC(F)(F)F)c3C)n2Cc2nccc(OCC(F)(F)F)c2C)c1[2H]. The van der Waals surface area contributed by atoms with E-state index in [0.29, 0.717) is 11.3 Å². The Hall–Kier alpha value is -3.48. The minimum atomic E-state index is -4.56. The number of imidazole rings is 1. The van der Waals surface area contributed by atoms with Gasteiger partial charge in [-0.2, -0.15) is 26.3 Å². The van der Waals surface area contributed by atoms with E-state index in [0.717, 1.165) is 11.8 Å². The highest BCUT2D eigenvalue weighted by Gasteiger charge is 2.30. The van der Waals surface area contributed by atoms with Crippen LogP contribution in [0.4, 0.5) is 26.3 Å². The summed E-state index contributed by atoms with van der Waals surface area (Å²) in [6.07, 6.45) is -6.55. The zero-order valence-electron chi connectivity index (χ0n) is 23.9. The van der Waals surface area contributed by atoms with Crippen LogP contribution in [-0.4, -0.2) is 45.1 Å². The quantitative estimate of drug-likeness (QED) is 0.168. The summed E-state index contributed by atoms with van der Waals surface area (Å²) in [4.78, 5) is 12.9. The lowest BCUT2D eigenvalue weighted by molar-refractivity contribution is -0.154. The van der Waals surface area contributed by atoms with Crippen molar-refractivity contribution >= 4 is 22.8 Å². The van der Waals surface area contributed by atoms with Gasteiger partial charge >= 0.3 is 12.4 Å². The van der Waals surface area contributed by atoms with Crippen LogP contribution in [0.1, 0.15) is 28.0 Å². The maximum Gasteiger partial charge on any atom is 0.422 e. The molecule has 0 aliphatic heterocycles. The lowest BCUT2D eigenvalue weighted by atomic mass is 10.2. The Morgan fingerprint density at radius 2 is 1.42 bits per heavy atom. The maximum atomic E-state index is 12.7. The lowest BCUT2D eigenvalue weighted by Gasteiger charge is -2.15. The monoisotopic (exact) mass is 560 g/mol. The first kappa shape index (κ1) is 22.5. The van der Waals surface area contributed by atoms with Crippen molar-refractivity contribution in [1.29, 1.82) is 0 Å². The van der Waals surface area contributed by atoms with E-state index < -0.39 is 43.7 Å². The van der Waals surface area contributed by atoms with Crippen molar-refractivity contribution in [3.05, 3.63) is 71.2 Å². The number of alkyl halides is 6. The Labute approximate surface area is 223 Å². The van der Waals surface area contributed by atoms with Gasteiger partial charge in [0.1, 0.15) is 11.5 Å². The Morgan fingerprint density at radius 3 is 2.03 bits per heavy atom. The third kappa shape index (κ3) is 6.88. The van der Waals surface area contributed by atoms with Gasteiger partial charge in [-0.05, 0) is 38.1 Å². The number of rotatable bonds is 9. The summed E-state index contributed by atoms with van der Waals surface area (Å²) in [6, 6.07) is 0.791. The molecule has 4 aromatic rings. The number of hydrogen-bond donors (Lipinski definition) is 0. The Balaban J connectivity index is 1.73. The molecular formula is C25H22F6N4O2S. The molecule has 0 saturated heterocycles. The van der Waals surface area contributed by atoms with E-state index in [1.807, 2.05) is 0 Å². The van der Waals surface area contributed by atoms with Crippen LogP contribution >= 0.6 is 11.8 Å². The molecule has 0 aliphatic carbocycles. The smallest absolute Gasteiger partial charge is 0.422 e. The van der Waals surface area contributed by atoms with Crippen molar-refractivity contribution in [3.8, 4) is 11.5 Å². The fraction of sp³-hybridized carbons (Fsp3) is 0.320. The number of ether oxygens (including phenoxy) is 2. The highest BCUT2D eigenvalue weighted by Crippen LogP contribution is 2.31. The normalized spacial score (nSPS) is 13.7. The molecule has 6 nitrogen and oxygen atoms in total. The van der Waals surface area contributed by atoms with E-state index in [2.05, 4.69) is 15.0 Å². The van der Waals surface area contributed by atoms with E-state index in [1.54, 1.807) is 6.92 Å². The van der Waals surface area contributed by atoms with Gasteiger partial charge in [-0.25, -0.2) is 4.98 Å². The number of para-hydroxylation sites is 2. The summed E-state index contributed by atoms with van der Waals surface area (Å²) in [7, 11) is 0. The molecule has 1 aromatic carbocycles. The average Bonchev–Trinajstić information content (AvgIpc) is 3.27. The van der Waals surface area contributed by atoms with E-state index in [4.69, 9.17) is 15.0 Å². The van der Waals surface area contributed by atoms with Crippen molar-refractivity contribution in [2.75, 3.05) is 13.2 Å². The Morgan fingerprint density at radius 1 is 0.868 bits per heavy atom. The molecule has 0 spiro atoms. The number of halogens is 6. The molecule has 4 rings (SSSR count). The van der Waals surface area contributed by atoms with Gasteiger partial charge in [0.15, 0.2) is 18.4 Å². The molecule has 3 heterocycles. The molecule has 202 valence electrons. The number of pyridine rings is 2. The molecule has 0 fully saturated rings. The maximum absolute atomic E-state index is 12.7. The van der Waals surface area contributed by atoms with Crippen LogP contribution in [0, 0.1) is 13.8 Å². The van der Waals surface area contributed by atoms with Gasteiger partial charge in [0.05, 0.1) is 34.4 Å². The van der Waals surface area contributed by atoms with Crippen LogP contribution in [0.2, 0.25) is 0 Å². The van der Waals surface area contributed by atoms with E-state index >= 15 is 0 Å². The Kier molecular flexibility index (Phi) is 6.57. The van der Waals surface area contributed by atoms with Gasteiger partial charge in [0, 0.05) is 29.3 Å². The third-order valence-corrected chi connectivity index (χ3v) is 6.29. The first-order valence-electron chi connectivity index (χ1n) is 12.9. The second kappa shape index (κ2) is 11.1. The van der Waals surface area contributed by atoms with Crippen LogP contribution in [0.15, 0.2) is 53.9 Å². The number of benzene rings is 1. The molecule has 0 bridgehead atoms. The molecule has 38 heavy (non-hydrogen) atoms. The summed E-state index contributed by atoms with van der Waals surface area (Å²) in [5, 5.41) is 0.197. The zero-order valence-corrected chi connectivity index (χ0v) is 20.7. The molecule has 0 aliphatic rings. The van der Waals surface area contributed by atoms with Crippen LogP contribution in [-0.2, 0) is 12.3 Å². The van der Waals surface area contributed by atoms with E-state index in [1.165, 1.54) is 36.0 Å². The van der Waals surface area contributed by atoms with Gasteiger partial charge < -0.3 is 14.0 Å². The number of nitrogens with zero attached hydrogens (tertiary/aromatic N) is 4. The first-order valence-corrected chi connectivity index (χ1v) is 11.9. The molecule has 0 unspecified atom stereocenters. The summed E-state index contributed by atoms with van der Waals surface area (Å²) < 4.78 is 120. The van der Waals surface area contributed by atoms with Gasteiger partial charge in [-0.3, -0.25) is 9.97 Å². The van der Waals surface area contributed by atoms with Crippen molar-refractivity contribution in [2.24, 2.45) is 0 Å². The minimum Gasteiger partial charge on any atom is -0.484 e. The molecule has 0 N–H and O–H groups in total. The topological polar surface area (TPSA) is 62.1 Å². The molecule has 0 radical (unpaired) electrons. The zero-order chi connectivity index (χ0) is 31.0. The van der Waals surface area contributed by atoms with Gasteiger partial charge in [-0.15, -0.1) is 0 Å². The van der Waals surface area contributed by atoms with E-state index in [-0.39, 0.29) is 57.3 Å². The number of fused-ring (bicyclic) bond motifs is 1. The summed E-state index contributed by atoms with van der Waals surface area (Å²) >= 11 is 1.06. The fourth-order valence-corrected chi connectivity index (χ4v) is 4.45. The van der Waals surface area contributed by atoms with Gasteiger partial charge in [0.2, 0.25) is 0 Å². The minimum absolute atomic E-state index is 0.0125. The third-order valence-electron chi connectivity index (χ3n) is 5.30. The summed E-state index contributed by atoms with van der Waals surface area (Å²) in [6.45, 7) is -0.0914. The first-order chi connectivity index (χ1) is 19.6. The largest absolute Gasteiger partial charge is 0.484 e. The molecule has 3 aromatic heterocycles.